The molecule has 1 aliphatic rings. The highest BCUT2D eigenvalue weighted by Gasteiger charge is 2.23. The smallest absolute Gasteiger partial charge is 0.258 e. The van der Waals surface area contributed by atoms with E-state index in [-0.39, 0.29) is 30.1 Å². The summed E-state index contributed by atoms with van der Waals surface area (Å²) in [6.07, 6.45) is 4.16. The van der Waals surface area contributed by atoms with Crippen molar-refractivity contribution in [1.29, 1.82) is 0 Å². The third kappa shape index (κ3) is 4.13. The van der Waals surface area contributed by atoms with Crippen LogP contribution in [0.2, 0.25) is 0 Å². The summed E-state index contributed by atoms with van der Waals surface area (Å²) in [7, 11) is 0. The molecule has 5 nitrogen and oxygen atoms in total. The Labute approximate surface area is 118 Å². The van der Waals surface area contributed by atoms with Crippen molar-refractivity contribution < 1.29 is 19.7 Å². The summed E-state index contributed by atoms with van der Waals surface area (Å²) in [5.41, 5.74) is 0. The molecular formula is C15H21NO4. The molecule has 1 aliphatic carbocycles. The summed E-state index contributed by atoms with van der Waals surface area (Å²) in [4.78, 5) is 11.8. The Balaban J connectivity index is 1.81. The lowest BCUT2D eigenvalue weighted by Gasteiger charge is -2.21. The molecule has 1 fully saturated rings. The zero-order chi connectivity index (χ0) is 14.4. The third-order valence-corrected chi connectivity index (χ3v) is 3.55. The predicted octanol–water partition coefficient (Wildman–Crippen LogP) is 1.58. The highest BCUT2D eigenvalue weighted by molar-refractivity contribution is 5.78. The van der Waals surface area contributed by atoms with E-state index >= 15 is 0 Å². The van der Waals surface area contributed by atoms with Crippen LogP contribution in [0.5, 0.6) is 11.5 Å². The lowest BCUT2D eigenvalue weighted by Crippen LogP contribution is -2.44. The zero-order valence-electron chi connectivity index (χ0n) is 11.4. The van der Waals surface area contributed by atoms with Crippen LogP contribution in [0.4, 0.5) is 0 Å². The van der Waals surface area contributed by atoms with Gasteiger partial charge in [-0.2, -0.15) is 0 Å². The van der Waals surface area contributed by atoms with Gasteiger partial charge in [-0.25, -0.2) is 0 Å². The number of amides is 1. The van der Waals surface area contributed by atoms with Crippen LogP contribution in [-0.4, -0.2) is 34.9 Å². The van der Waals surface area contributed by atoms with Crippen LogP contribution in [0.3, 0.4) is 0 Å². The maximum absolute atomic E-state index is 11.8. The normalized spacial score (nSPS) is 22.9. The second-order valence-electron chi connectivity index (χ2n) is 5.14. The molecule has 0 bridgehead atoms. The zero-order valence-corrected chi connectivity index (χ0v) is 11.4. The van der Waals surface area contributed by atoms with E-state index in [1.807, 2.05) is 0 Å². The summed E-state index contributed by atoms with van der Waals surface area (Å²) in [5.74, 6) is 0.0121. The number of para-hydroxylation sites is 2. The second kappa shape index (κ2) is 7.14. The first kappa shape index (κ1) is 14.7. The van der Waals surface area contributed by atoms with Crippen LogP contribution in [0.1, 0.15) is 32.1 Å². The van der Waals surface area contributed by atoms with Crippen LogP contribution in [0.15, 0.2) is 24.3 Å². The Morgan fingerprint density at radius 1 is 1.25 bits per heavy atom. The lowest BCUT2D eigenvalue weighted by molar-refractivity contribution is -0.124. The molecule has 2 unspecified atom stereocenters. The molecule has 0 aliphatic heterocycles. The number of hydrogen-bond donors (Lipinski definition) is 3. The Morgan fingerprint density at radius 2 is 2.00 bits per heavy atom. The highest BCUT2D eigenvalue weighted by atomic mass is 16.5. The maximum atomic E-state index is 11.8. The van der Waals surface area contributed by atoms with Gasteiger partial charge in [0.05, 0.1) is 12.1 Å². The number of nitrogens with one attached hydrogen (secondary N) is 1. The molecule has 1 aromatic carbocycles. The molecule has 20 heavy (non-hydrogen) atoms. The van der Waals surface area contributed by atoms with E-state index in [9.17, 15) is 15.0 Å². The van der Waals surface area contributed by atoms with Gasteiger partial charge in [-0.1, -0.05) is 31.4 Å². The summed E-state index contributed by atoms with van der Waals surface area (Å²) in [5, 5.41) is 22.3. The number of aliphatic hydroxyl groups excluding tert-OH is 1. The van der Waals surface area contributed by atoms with Gasteiger partial charge in [0.2, 0.25) is 0 Å². The molecule has 110 valence electrons. The lowest BCUT2D eigenvalue weighted by atomic mass is 10.1. The molecule has 1 amide bonds. The van der Waals surface area contributed by atoms with Gasteiger partial charge in [-0.05, 0) is 25.0 Å². The maximum Gasteiger partial charge on any atom is 0.258 e. The molecule has 2 atom stereocenters. The number of ether oxygens (including phenoxy) is 1. The van der Waals surface area contributed by atoms with E-state index in [2.05, 4.69) is 5.32 Å². The first-order valence-corrected chi connectivity index (χ1v) is 7.05. The van der Waals surface area contributed by atoms with Crippen molar-refractivity contribution in [3.8, 4) is 11.5 Å². The number of carbonyl (C=O) groups excluding carboxylic acids is 1. The summed E-state index contributed by atoms with van der Waals surface area (Å²) < 4.78 is 5.26. The number of aromatic hydroxyl groups is 1. The van der Waals surface area contributed by atoms with Crippen molar-refractivity contribution in [2.75, 3.05) is 6.61 Å². The molecule has 2 rings (SSSR count). The number of hydrogen-bond acceptors (Lipinski definition) is 4. The topological polar surface area (TPSA) is 78.8 Å². The fourth-order valence-corrected chi connectivity index (χ4v) is 2.43. The molecule has 0 saturated heterocycles. The second-order valence-corrected chi connectivity index (χ2v) is 5.14. The number of phenolic OH excluding ortho intramolecular Hbond substituents is 1. The van der Waals surface area contributed by atoms with Crippen molar-refractivity contribution in [3.63, 3.8) is 0 Å². The van der Waals surface area contributed by atoms with Gasteiger partial charge in [-0.3, -0.25) is 4.79 Å². The SMILES string of the molecule is O=C(COc1ccccc1O)NC1CCCCCC1O. The monoisotopic (exact) mass is 279 g/mol. The standard InChI is InChI=1S/C15H21NO4/c17-12-7-3-1-2-6-11(12)16-15(19)10-20-14-9-5-4-8-13(14)18/h4-5,8-9,11-12,17-18H,1-3,6-7,10H2,(H,16,19). The van der Waals surface area contributed by atoms with Gasteiger partial charge in [-0.15, -0.1) is 0 Å². The van der Waals surface area contributed by atoms with Gasteiger partial charge >= 0.3 is 0 Å². The van der Waals surface area contributed by atoms with Crippen LogP contribution in [0.25, 0.3) is 0 Å². The van der Waals surface area contributed by atoms with Crippen LogP contribution < -0.4 is 10.1 Å². The number of carbonyl (C=O) groups is 1. The molecule has 1 saturated carbocycles. The van der Waals surface area contributed by atoms with Gasteiger partial charge in [0.15, 0.2) is 18.1 Å². The molecule has 3 N–H and O–H groups in total. The van der Waals surface area contributed by atoms with Gasteiger partial charge in [0, 0.05) is 0 Å². The molecule has 0 radical (unpaired) electrons. The molecule has 1 aromatic rings. The van der Waals surface area contributed by atoms with Crippen molar-refractivity contribution in [1.82, 2.24) is 5.32 Å². The Kier molecular flexibility index (Phi) is 5.24. The van der Waals surface area contributed by atoms with Gasteiger partial charge in [0.1, 0.15) is 0 Å². The Bertz CT molecular complexity index is 449. The Hall–Kier alpha value is -1.75. The highest BCUT2D eigenvalue weighted by Crippen LogP contribution is 2.24. The van der Waals surface area contributed by atoms with E-state index in [4.69, 9.17) is 4.74 Å². The first-order valence-electron chi connectivity index (χ1n) is 7.05. The number of aliphatic hydroxyl groups is 1. The minimum atomic E-state index is -0.480. The molecular weight excluding hydrogens is 258 g/mol. The van der Waals surface area contributed by atoms with Gasteiger partial charge < -0.3 is 20.3 Å². The summed E-state index contributed by atoms with van der Waals surface area (Å²) in [6.45, 7) is -0.166. The van der Waals surface area contributed by atoms with Crippen molar-refractivity contribution in [2.45, 2.75) is 44.2 Å². The number of rotatable bonds is 4. The number of phenols is 1. The molecule has 5 heteroatoms. The summed E-state index contributed by atoms with van der Waals surface area (Å²) >= 11 is 0. The number of benzene rings is 1. The summed E-state index contributed by atoms with van der Waals surface area (Å²) in [6, 6.07) is 6.32. The van der Waals surface area contributed by atoms with E-state index < -0.39 is 6.10 Å². The third-order valence-electron chi connectivity index (χ3n) is 3.55. The predicted molar refractivity (Wildman–Crippen MR) is 74.6 cm³/mol. The minimum Gasteiger partial charge on any atom is -0.504 e. The molecule has 0 spiro atoms. The quantitative estimate of drug-likeness (QED) is 0.731. The van der Waals surface area contributed by atoms with Crippen molar-refractivity contribution >= 4 is 5.91 Å². The largest absolute Gasteiger partial charge is 0.504 e. The van der Waals surface area contributed by atoms with Crippen molar-refractivity contribution in [3.05, 3.63) is 24.3 Å². The molecule has 0 heterocycles. The first-order chi connectivity index (χ1) is 9.66. The average molecular weight is 279 g/mol. The van der Waals surface area contributed by atoms with E-state index in [1.165, 1.54) is 6.07 Å². The van der Waals surface area contributed by atoms with Gasteiger partial charge in [0.25, 0.3) is 5.91 Å². The Morgan fingerprint density at radius 3 is 2.80 bits per heavy atom. The molecule has 0 aromatic heterocycles. The van der Waals surface area contributed by atoms with Crippen LogP contribution in [-0.2, 0) is 4.79 Å². The fourth-order valence-electron chi connectivity index (χ4n) is 2.43. The average Bonchev–Trinajstić information content (AvgIpc) is 2.63. The van der Waals surface area contributed by atoms with E-state index in [0.717, 1.165) is 32.1 Å². The van der Waals surface area contributed by atoms with Crippen molar-refractivity contribution in [2.24, 2.45) is 0 Å². The van der Waals surface area contributed by atoms with E-state index in [0.29, 0.717) is 0 Å². The van der Waals surface area contributed by atoms with Crippen LogP contribution in [0, 0.1) is 0 Å². The fraction of sp³-hybridized carbons (Fsp3) is 0.533. The minimum absolute atomic E-state index is 0.00908. The van der Waals surface area contributed by atoms with E-state index in [1.54, 1.807) is 18.2 Å². The van der Waals surface area contributed by atoms with Crippen LogP contribution >= 0.6 is 0 Å².